The lowest BCUT2D eigenvalue weighted by Gasteiger charge is -2.15. The molecule has 1 aromatic heterocycles. The largest absolute Gasteiger partial charge is 0.373 e. The van der Waals surface area contributed by atoms with E-state index in [1.54, 1.807) is 0 Å². The Morgan fingerprint density at radius 2 is 1.76 bits per heavy atom. The quantitative estimate of drug-likeness (QED) is 0.848. The van der Waals surface area contributed by atoms with Crippen LogP contribution in [0.3, 0.4) is 0 Å². The summed E-state index contributed by atoms with van der Waals surface area (Å²) in [6.45, 7) is 10.9. The molecule has 0 amide bonds. The van der Waals surface area contributed by atoms with Crippen molar-refractivity contribution in [2.24, 2.45) is 5.92 Å². The van der Waals surface area contributed by atoms with Gasteiger partial charge in [-0.3, -0.25) is 0 Å². The lowest BCUT2D eigenvalue weighted by atomic mass is 10.0. The van der Waals surface area contributed by atoms with Crippen LogP contribution in [-0.4, -0.2) is 17.0 Å². The number of nitrogens with one attached hydrogen (secondary N) is 1. The first-order valence-corrected chi connectivity index (χ1v) is 6.50. The molecule has 0 fully saturated rings. The first-order valence-electron chi connectivity index (χ1n) is 6.50. The number of aromatic nitrogens is 2. The molecule has 0 bridgehead atoms. The maximum atomic E-state index is 4.62. The van der Waals surface area contributed by atoms with Crippen molar-refractivity contribution in [1.82, 2.24) is 9.97 Å². The van der Waals surface area contributed by atoms with Crippen molar-refractivity contribution >= 4 is 5.82 Å². The van der Waals surface area contributed by atoms with Gasteiger partial charge in [0.2, 0.25) is 0 Å². The van der Waals surface area contributed by atoms with E-state index in [4.69, 9.17) is 0 Å². The van der Waals surface area contributed by atoms with Crippen molar-refractivity contribution in [1.29, 1.82) is 0 Å². The second kappa shape index (κ2) is 5.99. The van der Waals surface area contributed by atoms with Gasteiger partial charge in [-0.05, 0) is 25.2 Å². The monoisotopic (exact) mass is 235 g/mol. The van der Waals surface area contributed by atoms with Crippen LogP contribution in [0, 0.1) is 12.8 Å². The van der Waals surface area contributed by atoms with Gasteiger partial charge in [0.15, 0.2) is 0 Å². The predicted molar refractivity (Wildman–Crippen MR) is 73.6 cm³/mol. The van der Waals surface area contributed by atoms with Gasteiger partial charge < -0.3 is 5.32 Å². The van der Waals surface area contributed by atoms with E-state index in [-0.39, 0.29) is 0 Å². The molecule has 1 N–H and O–H groups in total. The molecule has 0 saturated heterocycles. The number of aryl methyl sites for hydroxylation is 2. The zero-order valence-electron chi connectivity index (χ0n) is 12.0. The number of anilines is 1. The normalized spacial score (nSPS) is 11.3. The molecule has 96 valence electrons. The Morgan fingerprint density at radius 3 is 2.24 bits per heavy atom. The minimum Gasteiger partial charge on any atom is -0.373 e. The summed E-state index contributed by atoms with van der Waals surface area (Å²) in [5.41, 5.74) is 2.35. The summed E-state index contributed by atoms with van der Waals surface area (Å²) in [4.78, 5) is 9.25. The Bertz CT molecular complexity index is 370. The Labute approximate surface area is 105 Å². The molecule has 1 aromatic rings. The third-order valence-corrected chi connectivity index (χ3v) is 2.94. The molecule has 0 saturated carbocycles. The maximum Gasteiger partial charge on any atom is 0.133 e. The van der Waals surface area contributed by atoms with Crippen LogP contribution < -0.4 is 5.32 Å². The molecule has 0 aliphatic carbocycles. The van der Waals surface area contributed by atoms with Gasteiger partial charge >= 0.3 is 0 Å². The van der Waals surface area contributed by atoms with E-state index in [1.165, 1.54) is 5.56 Å². The summed E-state index contributed by atoms with van der Waals surface area (Å²) in [5, 5.41) is 3.19. The van der Waals surface area contributed by atoms with E-state index in [1.807, 2.05) is 7.05 Å². The zero-order chi connectivity index (χ0) is 13.0. The molecular weight excluding hydrogens is 210 g/mol. The molecule has 0 radical (unpaired) electrons. The second-order valence-electron chi connectivity index (χ2n) is 5.32. The van der Waals surface area contributed by atoms with E-state index < -0.39 is 0 Å². The van der Waals surface area contributed by atoms with Gasteiger partial charge in [-0.25, -0.2) is 9.97 Å². The summed E-state index contributed by atoms with van der Waals surface area (Å²) < 4.78 is 0. The highest BCUT2D eigenvalue weighted by Gasteiger charge is 2.13. The van der Waals surface area contributed by atoms with Crippen molar-refractivity contribution in [3.05, 3.63) is 17.1 Å². The molecule has 0 atom stereocenters. The fourth-order valence-corrected chi connectivity index (χ4v) is 2.05. The molecule has 0 aromatic carbocycles. The van der Waals surface area contributed by atoms with Gasteiger partial charge in [-0.2, -0.15) is 0 Å². The van der Waals surface area contributed by atoms with E-state index >= 15 is 0 Å². The number of hydrogen-bond donors (Lipinski definition) is 1. The van der Waals surface area contributed by atoms with Gasteiger partial charge in [0, 0.05) is 24.7 Å². The van der Waals surface area contributed by atoms with Crippen LogP contribution >= 0.6 is 0 Å². The van der Waals surface area contributed by atoms with E-state index in [2.05, 4.69) is 49.9 Å². The number of hydrogen-bond acceptors (Lipinski definition) is 3. The minimum atomic E-state index is 0.455. The Hall–Kier alpha value is -1.12. The lowest BCUT2D eigenvalue weighted by molar-refractivity contribution is 0.573. The van der Waals surface area contributed by atoms with Crippen LogP contribution in [0.5, 0.6) is 0 Å². The highest BCUT2D eigenvalue weighted by atomic mass is 15.0. The third kappa shape index (κ3) is 3.69. The average molecular weight is 235 g/mol. The zero-order valence-corrected chi connectivity index (χ0v) is 12.0. The van der Waals surface area contributed by atoms with Crippen LogP contribution in [-0.2, 0) is 6.42 Å². The standard InChI is InChI=1S/C14H25N3/c1-9(2)7-8-12-16-11(5)13(10(3)4)14(15-6)17-12/h9-10H,7-8H2,1-6H3,(H,15,16,17). The fourth-order valence-electron chi connectivity index (χ4n) is 2.05. The van der Waals surface area contributed by atoms with Gasteiger partial charge in [0.1, 0.15) is 11.6 Å². The predicted octanol–water partition coefficient (Wildman–Crippen LogP) is 3.54. The molecule has 3 nitrogen and oxygen atoms in total. The fraction of sp³-hybridized carbons (Fsp3) is 0.714. The molecule has 0 unspecified atom stereocenters. The molecule has 1 heterocycles. The van der Waals surface area contributed by atoms with Gasteiger partial charge in [-0.1, -0.05) is 27.7 Å². The highest BCUT2D eigenvalue weighted by molar-refractivity contribution is 5.47. The molecule has 0 aliphatic heterocycles. The van der Waals surface area contributed by atoms with Crippen molar-refractivity contribution in [2.75, 3.05) is 12.4 Å². The summed E-state index contributed by atoms with van der Waals surface area (Å²) in [6, 6.07) is 0. The van der Waals surface area contributed by atoms with Crippen molar-refractivity contribution in [3.8, 4) is 0 Å². The Balaban J connectivity index is 3.00. The average Bonchev–Trinajstić information content (AvgIpc) is 2.24. The SMILES string of the molecule is CNc1nc(CCC(C)C)nc(C)c1C(C)C. The van der Waals surface area contributed by atoms with Crippen LogP contribution in [0.25, 0.3) is 0 Å². The van der Waals surface area contributed by atoms with Gasteiger partial charge in [0.05, 0.1) is 0 Å². The first kappa shape index (κ1) is 13.9. The van der Waals surface area contributed by atoms with Gasteiger partial charge in [-0.15, -0.1) is 0 Å². The van der Waals surface area contributed by atoms with Crippen LogP contribution in [0.1, 0.15) is 57.1 Å². The van der Waals surface area contributed by atoms with Crippen LogP contribution in [0.2, 0.25) is 0 Å². The van der Waals surface area contributed by atoms with Gasteiger partial charge in [0.25, 0.3) is 0 Å². The smallest absolute Gasteiger partial charge is 0.133 e. The van der Waals surface area contributed by atoms with Crippen molar-refractivity contribution < 1.29 is 0 Å². The molecule has 0 spiro atoms. The number of nitrogens with zero attached hydrogens (tertiary/aromatic N) is 2. The van der Waals surface area contributed by atoms with E-state index in [9.17, 15) is 0 Å². The maximum absolute atomic E-state index is 4.62. The number of rotatable bonds is 5. The molecule has 0 aliphatic rings. The third-order valence-electron chi connectivity index (χ3n) is 2.94. The van der Waals surface area contributed by atoms with Crippen LogP contribution in [0.15, 0.2) is 0 Å². The molecular formula is C14H25N3. The molecule has 3 heteroatoms. The van der Waals surface area contributed by atoms with Crippen molar-refractivity contribution in [2.45, 2.75) is 53.4 Å². The second-order valence-corrected chi connectivity index (χ2v) is 5.32. The van der Waals surface area contributed by atoms with Crippen LogP contribution in [0.4, 0.5) is 5.82 Å². The topological polar surface area (TPSA) is 37.8 Å². The summed E-state index contributed by atoms with van der Waals surface area (Å²) >= 11 is 0. The van der Waals surface area contributed by atoms with Crippen molar-refractivity contribution in [3.63, 3.8) is 0 Å². The summed E-state index contributed by atoms with van der Waals surface area (Å²) in [6.07, 6.45) is 2.11. The van der Waals surface area contributed by atoms with E-state index in [0.29, 0.717) is 11.8 Å². The summed E-state index contributed by atoms with van der Waals surface area (Å²) in [7, 11) is 1.93. The molecule has 1 rings (SSSR count). The lowest BCUT2D eigenvalue weighted by Crippen LogP contribution is -2.09. The first-order chi connectivity index (χ1) is 7.95. The summed E-state index contributed by atoms with van der Waals surface area (Å²) in [5.74, 6) is 3.11. The highest BCUT2D eigenvalue weighted by Crippen LogP contribution is 2.25. The Morgan fingerprint density at radius 1 is 1.12 bits per heavy atom. The molecule has 17 heavy (non-hydrogen) atoms. The minimum absolute atomic E-state index is 0.455. The Kier molecular flexibility index (Phi) is 4.91. The van der Waals surface area contributed by atoms with E-state index in [0.717, 1.165) is 30.2 Å².